The van der Waals surface area contributed by atoms with Gasteiger partial charge in [0.05, 0.1) is 6.10 Å². The third kappa shape index (κ3) is 2.68. The summed E-state index contributed by atoms with van der Waals surface area (Å²) >= 11 is 0. The van der Waals surface area contributed by atoms with Crippen molar-refractivity contribution in [2.45, 2.75) is 44.6 Å². The van der Waals surface area contributed by atoms with Crippen LogP contribution >= 0.6 is 0 Å². The van der Waals surface area contributed by atoms with Crippen molar-refractivity contribution in [1.82, 2.24) is 4.90 Å². The molecule has 1 unspecified atom stereocenters. The summed E-state index contributed by atoms with van der Waals surface area (Å²) in [5.41, 5.74) is 0. The molecule has 1 saturated carbocycles. The van der Waals surface area contributed by atoms with Gasteiger partial charge in [-0.25, -0.2) is 0 Å². The Kier molecular flexibility index (Phi) is 3.23. The number of aliphatic hydroxyl groups excluding tert-OH is 1. The van der Waals surface area contributed by atoms with Gasteiger partial charge in [0.2, 0.25) is 0 Å². The molecule has 0 bridgehead atoms. The Balaban J connectivity index is 1.71. The lowest BCUT2D eigenvalue weighted by Crippen LogP contribution is -2.33. The van der Waals surface area contributed by atoms with Gasteiger partial charge >= 0.3 is 0 Å². The van der Waals surface area contributed by atoms with Crippen LogP contribution in [0.5, 0.6) is 0 Å². The number of hydrogen-bond acceptors (Lipinski definition) is 2. The van der Waals surface area contributed by atoms with Crippen LogP contribution < -0.4 is 0 Å². The van der Waals surface area contributed by atoms with E-state index in [0.717, 1.165) is 25.3 Å². The molecule has 1 N–H and O–H groups in total. The molecule has 1 heterocycles. The molecule has 2 nitrogen and oxygen atoms in total. The molecule has 0 aromatic rings. The first-order valence-corrected chi connectivity index (χ1v) is 5.75. The average Bonchev–Trinajstić information content (AvgIpc) is 2.23. The summed E-state index contributed by atoms with van der Waals surface area (Å²) in [4.78, 5) is 2.56. The molecule has 0 amide bonds. The quantitative estimate of drug-likeness (QED) is 0.703. The Morgan fingerprint density at radius 2 is 1.85 bits per heavy atom. The van der Waals surface area contributed by atoms with Crippen LogP contribution in [0.3, 0.4) is 0 Å². The number of likely N-dealkylation sites (tertiary alicyclic amines) is 1. The van der Waals surface area contributed by atoms with E-state index in [-0.39, 0.29) is 6.10 Å². The Hall–Kier alpha value is -0.0800. The topological polar surface area (TPSA) is 23.5 Å². The van der Waals surface area contributed by atoms with Gasteiger partial charge in [0, 0.05) is 13.1 Å². The molecule has 0 spiro atoms. The highest BCUT2D eigenvalue weighted by Gasteiger charge is 2.22. The van der Waals surface area contributed by atoms with Crippen molar-refractivity contribution in [3.05, 3.63) is 0 Å². The number of hydrogen-bond donors (Lipinski definition) is 1. The van der Waals surface area contributed by atoms with Crippen molar-refractivity contribution < 1.29 is 5.11 Å². The molecule has 0 aromatic carbocycles. The van der Waals surface area contributed by atoms with E-state index in [1.165, 1.54) is 38.8 Å². The molecule has 2 rings (SSSR count). The van der Waals surface area contributed by atoms with Gasteiger partial charge in [0.15, 0.2) is 0 Å². The number of nitrogens with zero attached hydrogens (tertiary/aromatic N) is 1. The first-order valence-electron chi connectivity index (χ1n) is 5.75. The summed E-state index contributed by atoms with van der Waals surface area (Å²) in [6.07, 6.45) is 7.51. The molecule has 1 aliphatic carbocycles. The van der Waals surface area contributed by atoms with Gasteiger partial charge in [-0.1, -0.05) is 6.42 Å². The highest BCUT2D eigenvalue weighted by atomic mass is 16.3. The van der Waals surface area contributed by atoms with Crippen LogP contribution in [0.15, 0.2) is 0 Å². The van der Waals surface area contributed by atoms with Crippen molar-refractivity contribution in [2.75, 3.05) is 19.6 Å². The van der Waals surface area contributed by atoms with Crippen molar-refractivity contribution in [1.29, 1.82) is 0 Å². The Morgan fingerprint density at radius 1 is 1.00 bits per heavy atom. The predicted molar refractivity (Wildman–Crippen MR) is 53.6 cm³/mol. The Morgan fingerprint density at radius 3 is 2.54 bits per heavy atom. The Bertz CT molecular complexity index is 156. The smallest absolute Gasteiger partial charge is 0.0553 e. The van der Waals surface area contributed by atoms with Gasteiger partial charge in [-0.15, -0.1) is 0 Å². The standard InChI is InChI=1S/C11H21NO/c13-11-5-2-7-12(8-6-11)9-10-3-1-4-10/h10-11,13H,1-9H2. The highest BCUT2D eigenvalue weighted by molar-refractivity contribution is 4.76. The summed E-state index contributed by atoms with van der Waals surface area (Å²) in [7, 11) is 0. The third-order valence-electron chi connectivity index (χ3n) is 3.53. The fraction of sp³-hybridized carbons (Fsp3) is 1.00. The maximum Gasteiger partial charge on any atom is 0.0553 e. The second-order valence-electron chi connectivity index (χ2n) is 4.68. The molecule has 76 valence electrons. The predicted octanol–water partition coefficient (Wildman–Crippen LogP) is 1.63. The van der Waals surface area contributed by atoms with Crippen LogP contribution in [0.2, 0.25) is 0 Å². The van der Waals surface area contributed by atoms with E-state index in [9.17, 15) is 5.11 Å². The molecule has 1 saturated heterocycles. The molecule has 2 aliphatic rings. The van der Waals surface area contributed by atoms with E-state index < -0.39 is 0 Å². The first-order chi connectivity index (χ1) is 6.34. The summed E-state index contributed by atoms with van der Waals surface area (Å²) in [6, 6.07) is 0. The van der Waals surface area contributed by atoms with Gasteiger partial charge in [-0.05, 0) is 44.6 Å². The molecule has 1 atom stereocenters. The van der Waals surface area contributed by atoms with Crippen LogP contribution in [0.1, 0.15) is 38.5 Å². The monoisotopic (exact) mass is 183 g/mol. The van der Waals surface area contributed by atoms with Crippen LogP contribution in [0, 0.1) is 5.92 Å². The average molecular weight is 183 g/mol. The Labute approximate surface area is 80.9 Å². The molecule has 1 aliphatic heterocycles. The number of aliphatic hydroxyl groups is 1. The molecule has 2 heteroatoms. The van der Waals surface area contributed by atoms with Gasteiger partial charge in [-0.2, -0.15) is 0 Å². The van der Waals surface area contributed by atoms with E-state index in [4.69, 9.17) is 0 Å². The molecular weight excluding hydrogens is 162 g/mol. The van der Waals surface area contributed by atoms with E-state index in [0.29, 0.717) is 0 Å². The normalized spacial score (nSPS) is 32.5. The minimum atomic E-state index is -0.0219. The van der Waals surface area contributed by atoms with Crippen molar-refractivity contribution >= 4 is 0 Å². The summed E-state index contributed by atoms with van der Waals surface area (Å²) < 4.78 is 0. The van der Waals surface area contributed by atoms with Crippen LogP contribution in [-0.4, -0.2) is 35.7 Å². The lowest BCUT2D eigenvalue weighted by Gasteiger charge is -2.31. The summed E-state index contributed by atoms with van der Waals surface area (Å²) in [5, 5.41) is 9.49. The van der Waals surface area contributed by atoms with Crippen LogP contribution in [-0.2, 0) is 0 Å². The molecule has 2 fully saturated rings. The minimum absolute atomic E-state index is 0.0219. The third-order valence-corrected chi connectivity index (χ3v) is 3.53. The van der Waals surface area contributed by atoms with Crippen molar-refractivity contribution in [3.63, 3.8) is 0 Å². The maximum absolute atomic E-state index is 9.49. The second kappa shape index (κ2) is 4.43. The van der Waals surface area contributed by atoms with Crippen LogP contribution in [0.4, 0.5) is 0 Å². The zero-order chi connectivity index (χ0) is 9.10. The van der Waals surface area contributed by atoms with Crippen LogP contribution in [0.25, 0.3) is 0 Å². The lowest BCUT2D eigenvalue weighted by atomic mass is 9.85. The first kappa shape index (κ1) is 9.47. The zero-order valence-corrected chi connectivity index (χ0v) is 8.41. The van der Waals surface area contributed by atoms with E-state index in [2.05, 4.69) is 4.90 Å². The van der Waals surface area contributed by atoms with Gasteiger partial charge in [-0.3, -0.25) is 0 Å². The lowest BCUT2D eigenvalue weighted by molar-refractivity contribution is 0.146. The summed E-state index contributed by atoms with van der Waals surface area (Å²) in [5.74, 6) is 0.982. The van der Waals surface area contributed by atoms with E-state index in [1.54, 1.807) is 0 Å². The van der Waals surface area contributed by atoms with Gasteiger partial charge in [0.1, 0.15) is 0 Å². The SMILES string of the molecule is OC1CCCN(CC2CCC2)CC1. The maximum atomic E-state index is 9.49. The molecule has 0 radical (unpaired) electrons. The summed E-state index contributed by atoms with van der Waals surface area (Å²) in [6.45, 7) is 3.64. The minimum Gasteiger partial charge on any atom is -0.393 e. The van der Waals surface area contributed by atoms with Crippen molar-refractivity contribution in [3.8, 4) is 0 Å². The largest absolute Gasteiger partial charge is 0.393 e. The fourth-order valence-electron chi connectivity index (χ4n) is 2.36. The fourth-order valence-corrected chi connectivity index (χ4v) is 2.36. The van der Waals surface area contributed by atoms with E-state index in [1.807, 2.05) is 0 Å². The van der Waals surface area contributed by atoms with E-state index >= 15 is 0 Å². The van der Waals surface area contributed by atoms with Crippen molar-refractivity contribution in [2.24, 2.45) is 5.92 Å². The zero-order valence-electron chi connectivity index (χ0n) is 8.41. The highest BCUT2D eigenvalue weighted by Crippen LogP contribution is 2.27. The van der Waals surface area contributed by atoms with Gasteiger partial charge in [0.25, 0.3) is 0 Å². The second-order valence-corrected chi connectivity index (χ2v) is 4.68. The van der Waals surface area contributed by atoms with Gasteiger partial charge < -0.3 is 10.0 Å². The molecule has 13 heavy (non-hydrogen) atoms. The molecular formula is C11H21NO. The number of rotatable bonds is 2. The molecule has 0 aromatic heterocycles.